The summed E-state index contributed by atoms with van der Waals surface area (Å²) in [6.45, 7) is 4.42. The van der Waals surface area contributed by atoms with E-state index in [1.54, 1.807) is 37.3 Å². The Bertz CT molecular complexity index is 1580. The van der Waals surface area contributed by atoms with Gasteiger partial charge in [0.1, 0.15) is 5.75 Å². The van der Waals surface area contributed by atoms with Gasteiger partial charge in [-0.2, -0.15) is 8.78 Å². The number of ether oxygens (including phenoxy) is 2. The molecule has 0 saturated carbocycles. The number of carbonyl (C=O) groups excluding carboxylic acids is 1. The Labute approximate surface area is 259 Å². The van der Waals surface area contributed by atoms with Crippen LogP contribution >= 0.6 is 22.6 Å². The molecule has 1 aliphatic heterocycles. The molecule has 0 radical (unpaired) electrons. The van der Waals surface area contributed by atoms with Gasteiger partial charge in [0, 0.05) is 28.4 Å². The summed E-state index contributed by atoms with van der Waals surface area (Å²) < 4.78 is 72.1. The van der Waals surface area contributed by atoms with E-state index in [0.717, 1.165) is 11.1 Å². The third kappa shape index (κ3) is 6.34. The predicted molar refractivity (Wildman–Crippen MR) is 169 cm³/mol. The summed E-state index contributed by atoms with van der Waals surface area (Å²) in [7, 11) is -2.72. The molecule has 0 spiro atoms. The van der Waals surface area contributed by atoms with Crippen LogP contribution in [0, 0.1) is 12.3 Å². The third-order valence-corrected chi connectivity index (χ3v) is 9.78. The van der Waals surface area contributed by atoms with Gasteiger partial charge in [-0.3, -0.25) is 4.31 Å². The molecular formula is C32H34F2INO5S. The zero-order valence-corrected chi connectivity index (χ0v) is 27.0. The summed E-state index contributed by atoms with van der Waals surface area (Å²) >= 11 is 2.19. The molecule has 1 heterocycles. The average Bonchev–Trinajstić information content (AvgIpc) is 3.06. The van der Waals surface area contributed by atoms with E-state index in [2.05, 4.69) is 22.6 Å². The number of carbonyl (C=O) groups is 1. The van der Waals surface area contributed by atoms with Crippen LogP contribution in [0.4, 0.5) is 14.5 Å². The Hall–Kier alpha value is -2.99. The minimum Gasteiger partial charge on any atom is -0.497 e. The van der Waals surface area contributed by atoms with Gasteiger partial charge in [-0.15, -0.1) is 0 Å². The van der Waals surface area contributed by atoms with E-state index >= 15 is 8.78 Å². The SMILES string of the molecule is CCOC(=O)C(F)(F)CC1(C)CN(S(=O)(=O)c2ccc(C)cc2)c2ccc(OC)cc2C(c2ccccc2)=C1CCI. The topological polar surface area (TPSA) is 72.9 Å². The first-order chi connectivity index (χ1) is 19.9. The second-order valence-corrected chi connectivity index (χ2v) is 13.5. The lowest BCUT2D eigenvalue weighted by molar-refractivity contribution is -0.175. The Kier molecular flexibility index (Phi) is 9.66. The van der Waals surface area contributed by atoms with Crippen molar-refractivity contribution in [3.8, 4) is 5.75 Å². The van der Waals surface area contributed by atoms with Crippen molar-refractivity contribution in [1.29, 1.82) is 0 Å². The lowest BCUT2D eigenvalue weighted by Gasteiger charge is -2.38. The first-order valence-electron chi connectivity index (χ1n) is 13.6. The number of anilines is 1. The third-order valence-electron chi connectivity index (χ3n) is 7.47. The van der Waals surface area contributed by atoms with Gasteiger partial charge in [0.2, 0.25) is 0 Å². The first-order valence-corrected chi connectivity index (χ1v) is 16.5. The van der Waals surface area contributed by atoms with Crippen LogP contribution in [0.2, 0.25) is 0 Å². The fourth-order valence-electron chi connectivity index (χ4n) is 5.49. The number of halogens is 3. The van der Waals surface area contributed by atoms with E-state index in [-0.39, 0.29) is 18.0 Å². The van der Waals surface area contributed by atoms with E-state index in [9.17, 15) is 13.2 Å². The molecule has 1 unspecified atom stereocenters. The molecule has 6 nitrogen and oxygen atoms in total. The average molecular weight is 710 g/mol. The molecular weight excluding hydrogens is 675 g/mol. The number of nitrogens with zero attached hydrogens (tertiary/aromatic N) is 1. The highest BCUT2D eigenvalue weighted by Crippen LogP contribution is 2.52. The summed E-state index contributed by atoms with van der Waals surface area (Å²) in [5.41, 5.74) is 2.30. The number of methoxy groups -OCH3 is 1. The number of aryl methyl sites for hydroxylation is 1. The molecule has 0 fully saturated rings. The quantitative estimate of drug-likeness (QED) is 0.124. The van der Waals surface area contributed by atoms with Crippen molar-refractivity contribution in [2.75, 3.05) is 29.0 Å². The number of fused-ring (bicyclic) bond motifs is 1. The largest absolute Gasteiger partial charge is 0.497 e. The molecule has 3 aromatic carbocycles. The van der Waals surface area contributed by atoms with Crippen molar-refractivity contribution < 1.29 is 31.5 Å². The molecule has 0 N–H and O–H groups in total. The molecule has 1 atom stereocenters. The number of rotatable bonds is 10. The number of esters is 1. The Morgan fingerprint density at radius 1 is 1.07 bits per heavy atom. The van der Waals surface area contributed by atoms with Crippen LogP contribution in [-0.2, 0) is 19.6 Å². The highest BCUT2D eigenvalue weighted by Gasteiger charge is 2.51. The molecule has 42 heavy (non-hydrogen) atoms. The fourth-order valence-corrected chi connectivity index (χ4v) is 7.64. The second kappa shape index (κ2) is 12.7. The number of sulfonamides is 1. The zero-order valence-electron chi connectivity index (χ0n) is 24.0. The summed E-state index contributed by atoms with van der Waals surface area (Å²) in [6, 6.07) is 20.8. The van der Waals surface area contributed by atoms with Crippen LogP contribution in [0.1, 0.15) is 43.4 Å². The maximum Gasteiger partial charge on any atom is 0.376 e. The number of hydrogen-bond acceptors (Lipinski definition) is 5. The summed E-state index contributed by atoms with van der Waals surface area (Å²) in [5.74, 6) is -5.00. The van der Waals surface area contributed by atoms with Gasteiger partial charge in [0.25, 0.3) is 10.0 Å². The van der Waals surface area contributed by atoms with Crippen molar-refractivity contribution in [2.24, 2.45) is 5.41 Å². The van der Waals surface area contributed by atoms with Crippen molar-refractivity contribution in [3.63, 3.8) is 0 Å². The molecule has 0 amide bonds. The number of benzene rings is 3. The Morgan fingerprint density at radius 3 is 2.33 bits per heavy atom. The van der Waals surface area contributed by atoms with E-state index in [0.29, 0.717) is 39.0 Å². The van der Waals surface area contributed by atoms with Gasteiger partial charge in [-0.1, -0.05) is 83.1 Å². The number of alkyl halides is 3. The van der Waals surface area contributed by atoms with Gasteiger partial charge >= 0.3 is 11.9 Å². The highest BCUT2D eigenvalue weighted by molar-refractivity contribution is 14.1. The molecule has 0 saturated heterocycles. The smallest absolute Gasteiger partial charge is 0.376 e. The molecule has 4 rings (SSSR count). The van der Waals surface area contributed by atoms with Crippen LogP contribution in [-0.4, -0.2) is 45.0 Å². The molecule has 1 aliphatic rings. The van der Waals surface area contributed by atoms with Crippen LogP contribution in [0.5, 0.6) is 5.75 Å². The highest BCUT2D eigenvalue weighted by atomic mass is 127. The molecule has 0 aliphatic carbocycles. The van der Waals surface area contributed by atoms with Crippen molar-refractivity contribution in [2.45, 2.75) is 44.4 Å². The Balaban J connectivity index is 2.09. The summed E-state index contributed by atoms with van der Waals surface area (Å²) in [6.07, 6.45) is -0.554. The van der Waals surface area contributed by atoms with E-state index in [4.69, 9.17) is 9.47 Å². The minimum atomic E-state index is -4.23. The van der Waals surface area contributed by atoms with Crippen LogP contribution in [0.25, 0.3) is 5.57 Å². The maximum absolute atomic E-state index is 15.7. The first kappa shape index (κ1) is 31.9. The second-order valence-electron chi connectivity index (χ2n) is 10.5. The van der Waals surface area contributed by atoms with E-state index < -0.39 is 33.8 Å². The molecule has 0 bridgehead atoms. The normalized spacial score (nSPS) is 17.5. The lowest BCUT2D eigenvalue weighted by Crippen LogP contribution is -2.45. The molecule has 10 heteroatoms. The van der Waals surface area contributed by atoms with Gasteiger partial charge in [0.05, 0.1) is 24.3 Å². The number of hydrogen-bond donors (Lipinski definition) is 0. The molecule has 3 aromatic rings. The summed E-state index contributed by atoms with van der Waals surface area (Å²) in [4.78, 5) is 12.5. The van der Waals surface area contributed by atoms with Crippen LogP contribution < -0.4 is 9.04 Å². The van der Waals surface area contributed by atoms with Crippen molar-refractivity contribution in [1.82, 2.24) is 0 Å². The predicted octanol–water partition coefficient (Wildman–Crippen LogP) is 7.43. The van der Waals surface area contributed by atoms with Gasteiger partial charge in [0.15, 0.2) is 0 Å². The molecule has 224 valence electrons. The van der Waals surface area contributed by atoms with Crippen molar-refractivity contribution in [3.05, 3.63) is 95.1 Å². The zero-order chi connectivity index (χ0) is 30.7. The van der Waals surface area contributed by atoms with Gasteiger partial charge in [-0.25, -0.2) is 13.2 Å². The van der Waals surface area contributed by atoms with Gasteiger partial charge < -0.3 is 9.47 Å². The van der Waals surface area contributed by atoms with Crippen LogP contribution in [0.15, 0.2) is 83.3 Å². The van der Waals surface area contributed by atoms with E-state index in [1.807, 2.05) is 37.3 Å². The minimum absolute atomic E-state index is 0.0352. The Morgan fingerprint density at radius 2 is 1.74 bits per heavy atom. The standard InChI is InChI=1S/C32H34F2INO5S/c1-5-41-30(37)32(33,34)20-31(3)21-36(42(38,39)25-14-11-22(2)12-15-25)28-16-13-24(40-4)19-26(28)29(27(31)17-18-35)23-9-7-6-8-10-23/h6-16,19H,5,17-18,20-21H2,1-4H3. The molecule has 0 aromatic heterocycles. The maximum atomic E-state index is 15.7. The van der Waals surface area contributed by atoms with Crippen molar-refractivity contribution >= 4 is 49.8 Å². The van der Waals surface area contributed by atoms with E-state index in [1.165, 1.54) is 30.5 Å². The fraction of sp³-hybridized carbons (Fsp3) is 0.344. The van der Waals surface area contributed by atoms with Crippen LogP contribution in [0.3, 0.4) is 0 Å². The monoisotopic (exact) mass is 709 g/mol. The lowest BCUT2D eigenvalue weighted by atomic mass is 9.72. The summed E-state index contributed by atoms with van der Waals surface area (Å²) in [5, 5.41) is 0. The van der Waals surface area contributed by atoms with Gasteiger partial charge in [-0.05, 0) is 61.7 Å².